The molecule has 5 nitrogen and oxygen atoms in total. The zero-order valence-corrected chi connectivity index (χ0v) is 17.6. The first-order valence-electron chi connectivity index (χ1n) is 9.82. The van der Waals surface area contributed by atoms with Crippen LogP contribution in [-0.4, -0.2) is 43.6 Å². The maximum atomic E-state index is 12.9. The van der Waals surface area contributed by atoms with E-state index >= 15 is 0 Å². The number of benzene rings is 2. The molecule has 1 aliphatic heterocycles. The fraction of sp³-hybridized carbons (Fsp3) is 0.391. The Bertz CT molecular complexity index is 857. The normalized spacial score (nSPS) is 15.6. The van der Waals surface area contributed by atoms with Gasteiger partial charge in [-0.25, -0.2) is 0 Å². The summed E-state index contributed by atoms with van der Waals surface area (Å²) < 4.78 is 10.6. The highest BCUT2D eigenvalue weighted by Gasteiger charge is 2.43. The Labute approximate surface area is 176 Å². The Hall–Kier alpha value is -2.53. The van der Waals surface area contributed by atoms with Gasteiger partial charge in [-0.15, -0.1) is 0 Å². The third-order valence-electron chi connectivity index (χ3n) is 5.49. The van der Waals surface area contributed by atoms with Crippen molar-refractivity contribution >= 4 is 23.5 Å². The molecule has 0 atom stereocenters. The van der Waals surface area contributed by atoms with Gasteiger partial charge in [-0.2, -0.15) is 0 Å². The summed E-state index contributed by atoms with van der Waals surface area (Å²) in [7, 11) is 1.58. The van der Waals surface area contributed by atoms with E-state index in [0.717, 1.165) is 5.56 Å². The van der Waals surface area contributed by atoms with Gasteiger partial charge in [-0.1, -0.05) is 29.8 Å². The van der Waals surface area contributed by atoms with Crippen LogP contribution in [0.2, 0.25) is 5.02 Å². The van der Waals surface area contributed by atoms with Gasteiger partial charge in [0, 0.05) is 23.7 Å². The lowest BCUT2D eigenvalue weighted by Crippen LogP contribution is -2.48. The van der Waals surface area contributed by atoms with Crippen LogP contribution < -0.4 is 4.74 Å². The molecule has 0 radical (unpaired) electrons. The summed E-state index contributed by atoms with van der Waals surface area (Å²) in [5.74, 6) is 0.410. The molecule has 29 heavy (non-hydrogen) atoms. The topological polar surface area (TPSA) is 55.8 Å². The lowest BCUT2D eigenvalue weighted by atomic mass is 9.73. The lowest BCUT2D eigenvalue weighted by Gasteiger charge is -2.40. The van der Waals surface area contributed by atoms with Crippen molar-refractivity contribution in [2.24, 2.45) is 5.41 Å². The highest BCUT2D eigenvalue weighted by atomic mass is 35.5. The Morgan fingerprint density at radius 2 is 1.79 bits per heavy atom. The van der Waals surface area contributed by atoms with E-state index in [1.807, 2.05) is 37.3 Å². The number of hydrogen-bond acceptors (Lipinski definition) is 4. The first-order chi connectivity index (χ1) is 14.0. The molecule has 154 valence electrons. The summed E-state index contributed by atoms with van der Waals surface area (Å²) in [5.41, 5.74) is 0.996. The highest BCUT2D eigenvalue weighted by molar-refractivity contribution is 6.30. The van der Waals surface area contributed by atoms with Crippen molar-refractivity contribution in [2.75, 3.05) is 26.8 Å². The molecular weight excluding hydrogens is 390 g/mol. The number of ether oxygens (including phenoxy) is 2. The third-order valence-corrected chi connectivity index (χ3v) is 5.74. The predicted molar refractivity (Wildman–Crippen MR) is 112 cm³/mol. The number of hydrogen-bond donors (Lipinski definition) is 0. The molecular formula is C23H26ClNO4. The van der Waals surface area contributed by atoms with Crippen LogP contribution >= 0.6 is 11.6 Å². The molecule has 0 saturated carbocycles. The van der Waals surface area contributed by atoms with Gasteiger partial charge in [-0.3, -0.25) is 9.59 Å². The fourth-order valence-electron chi connectivity index (χ4n) is 3.81. The second-order valence-electron chi connectivity index (χ2n) is 7.33. The summed E-state index contributed by atoms with van der Waals surface area (Å²) in [6.07, 6.45) is 1.69. The molecule has 1 saturated heterocycles. The third kappa shape index (κ3) is 4.91. The van der Waals surface area contributed by atoms with Gasteiger partial charge in [-0.05, 0) is 62.1 Å². The second-order valence-corrected chi connectivity index (χ2v) is 7.76. The smallest absolute Gasteiger partial charge is 0.312 e. The number of piperidine rings is 1. The Morgan fingerprint density at radius 1 is 1.10 bits per heavy atom. The highest BCUT2D eigenvalue weighted by Crippen LogP contribution is 2.37. The maximum absolute atomic E-state index is 12.9. The number of carbonyl (C=O) groups is 2. The molecule has 1 aliphatic rings. The average Bonchev–Trinajstić information content (AvgIpc) is 2.75. The van der Waals surface area contributed by atoms with E-state index in [-0.39, 0.29) is 11.9 Å². The maximum Gasteiger partial charge on any atom is 0.312 e. The fourth-order valence-corrected chi connectivity index (χ4v) is 3.93. The zero-order chi connectivity index (χ0) is 20.9. The van der Waals surface area contributed by atoms with Gasteiger partial charge in [0.25, 0.3) is 5.91 Å². The van der Waals surface area contributed by atoms with E-state index < -0.39 is 5.41 Å². The largest absolute Gasteiger partial charge is 0.497 e. The molecule has 0 bridgehead atoms. The Kier molecular flexibility index (Phi) is 6.80. The number of amides is 1. The van der Waals surface area contributed by atoms with Crippen molar-refractivity contribution in [3.05, 3.63) is 64.7 Å². The van der Waals surface area contributed by atoms with Crippen LogP contribution in [0.5, 0.6) is 5.75 Å². The number of likely N-dealkylation sites (tertiary alicyclic amines) is 1. The van der Waals surface area contributed by atoms with Crippen LogP contribution in [-0.2, 0) is 16.0 Å². The Morgan fingerprint density at radius 3 is 2.41 bits per heavy atom. The SMILES string of the molecule is CCOC(=O)C1(Cc2ccc(Cl)cc2)CCN(C(=O)c2cccc(OC)c2)CC1. The summed E-state index contributed by atoms with van der Waals surface area (Å²) in [4.78, 5) is 27.6. The molecule has 0 spiro atoms. The van der Waals surface area contributed by atoms with E-state index in [0.29, 0.717) is 55.3 Å². The van der Waals surface area contributed by atoms with Crippen molar-refractivity contribution in [2.45, 2.75) is 26.2 Å². The molecule has 3 rings (SSSR count). The molecule has 1 fully saturated rings. The summed E-state index contributed by atoms with van der Waals surface area (Å²) in [5, 5.41) is 0.664. The van der Waals surface area contributed by atoms with E-state index in [4.69, 9.17) is 21.1 Å². The van der Waals surface area contributed by atoms with Crippen LogP contribution in [0.1, 0.15) is 35.7 Å². The van der Waals surface area contributed by atoms with Gasteiger partial charge in [0.1, 0.15) is 5.75 Å². The molecule has 1 amide bonds. The number of halogens is 1. The van der Waals surface area contributed by atoms with Crippen LogP contribution in [0.3, 0.4) is 0 Å². The van der Waals surface area contributed by atoms with Crippen molar-refractivity contribution in [3.8, 4) is 5.75 Å². The van der Waals surface area contributed by atoms with Crippen LogP contribution in [0.15, 0.2) is 48.5 Å². The van der Waals surface area contributed by atoms with Crippen LogP contribution in [0, 0.1) is 5.41 Å². The molecule has 0 aromatic heterocycles. The molecule has 2 aromatic carbocycles. The number of esters is 1. The summed E-state index contributed by atoms with van der Waals surface area (Å²) >= 11 is 5.99. The van der Waals surface area contributed by atoms with Crippen LogP contribution in [0.4, 0.5) is 0 Å². The zero-order valence-electron chi connectivity index (χ0n) is 16.8. The minimum atomic E-state index is -0.630. The molecule has 0 N–H and O–H groups in total. The molecule has 0 aliphatic carbocycles. The second kappa shape index (κ2) is 9.31. The molecule has 2 aromatic rings. The minimum Gasteiger partial charge on any atom is -0.497 e. The number of carbonyl (C=O) groups excluding carboxylic acids is 2. The minimum absolute atomic E-state index is 0.0483. The number of nitrogens with zero attached hydrogens (tertiary/aromatic N) is 1. The van der Waals surface area contributed by atoms with E-state index in [2.05, 4.69) is 0 Å². The van der Waals surface area contributed by atoms with Gasteiger partial charge in [0.2, 0.25) is 0 Å². The summed E-state index contributed by atoms with van der Waals surface area (Å²) in [6.45, 7) is 3.16. The quantitative estimate of drug-likeness (QED) is 0.657. The molecule has 1 heterocycles. The van der Waals surface area contributed by atoms with Gasteiger partial charge >= 0.3 is 5.97 Å². The average molecular weight is 416 g/mol. The first kappa shape index (κ1) is 21.2. The first-order valence-corrected chi connectivity index (χ1v) is 10.2. The molecule has 0 unspecified atom stereocenters. The van der Waals surface area contributed by atoms with Crippen molar-refractivity contribution in [1.29, 1.82) is 0 Å². The van der Waals surface area contributed by atoms with Crippen molar-refractivity contribution in [1.82, 2.24) is 4.90 Å². The van der Waals surface area contributed by atoms with E-state index in [1.165, 1.54) is 0 Å². The monoisotopic (exact) mass is 415 g/mol. The van der Waals surface area contributed by atoms with E-state index in [1.54, 1.807) is 30.2 Å². The summed E-state index contributed by atoms with van der Waals surface area (Å²) in [6, 6.07) is 14.7. The molecule has 6 heteroatoms. The van der Waals surface area contributed by atoms with Gasteiger partial charge < -0.3 is 14.4 Å². The van der Waals surface area contributed by atoms with E-state index in [9.17, 15) is 9.59 Å². The number of methoxy groups -OCH3 is 1. The standard InChI is InChI=1S/C23H26ClNO4/c1-3-29-22(27)23(16-17-7-9-19(24)10-8-17)11-13-25(14-12-23)21(26)18-5-4-6-20(15-18)28-2/h4-10,15H,3,11-14,16H2,1-2H3. The lowest BCUT2D eigenvalue weighted by molar-refractivity contribution is -0.158. The van der Waals surface area contributed by atoms with Gasteiger partial charge in [0.15, 0.2) is 0 Å². The predicted octanol–water partition coefficient (Wildman–Crippen LogP) is 4.38. The van der Waals surface area contributed by atoms with Gasteiger partial charge in [0.05, 0.1) is 19.1 Å². The van der Waals surface area contributed by atoms with Crippen LogP contribution in [0.25, 0.3) is 0 Å². The van der Waals surface area contributed by atoms with Crippen molar-refractivity contribution < 1.29 is 19.1 Å². The van der Waals surface area contributed by atoms with Crippen molar-refractivity contribution in [3.63, 3.8) is 0 Å². The number of rotatable bonds is 6. The Balaban J connectivity index is 1.75.